The van der Waals surface area contributed by atoms with E-state index in [9.17, 15) is 9.59 Å². The van der Waals surface area contributed by atoms with Crippen molar-refractivity contribution in [2.24, 2.45) is 5.92 Å². The third-order valence-electron chi connectivity index (χ3n) is 4.95. The summed E-state index contributed by atoms with van der Waals surface area (Å²) in [4.78, 5) is 27.3. The average Bonchev–Trinajstić information content (AvgIpc) is 2.76. The van der Waals surface area contributed by atoms with Crippen LogP contribution in [0, 0.1) is 17.2 Å². The molecule has 156 valence electrons. The van der Waals surface area contributed by atoms with Crippen LogP contribution < -0.4 is 9.47 Å². The molecule has 1 unspecified atom stereocenters. The number of nitriles is 1. The summed E-state index contributed by atoms with van der Waals surface area (Å²) in [5, 5.41) is 9.15. The highest BCUT2D eigenvalue weighted by Crippen LogP contribution is 2.37. The van der Waals surface area contributed by atoms with Gasteiger partial charge >= 0.3 is 5.97 Å². The zero-order chi connectivity index (χ0) is 21.5. The summed E-state index contributed by atoms with van der Waals surface area (Å²) in [6.07, 6.45) is 1.72. The Balaban J connectivity index is 1.68. The number of ether oxygens (including phenoxy) is 2. The van der Waals surface area contributed by atoms with E-state index in [-0.39, 0.29) is 11.7 Å². The van der Waals surface area contributed by atoms with Crippen LogP contribution in [0.4, 0.5) is 0 Å². The number of carbonyl (C=O) groups excluding carboxylic acids is 2. The van der Waals surface area contributed by atoms with Crippen LogP contribution in [0.2, 0.25) is 0 Å². The van der Waals surface area contributed by atoms with Gasteiger partial charge in [0.2, 0.25) is 5.91 Å². The van der Waals surface area contributed by atoms with Crippen LogP contribution in [-0.4, -0.2) is 36.5 Å². The van der Waals surface area contributed by atoms with Crippen LogP contribution in [0.5, 0.6) is 11.5 Å². The SMILES string of the molecule is CCOc1cc(C#N)cc(Br)c1OC(=O)C1CCCN(C(=O)Cc2ccccc2)C1. The number of carbonyl (C=O) groups is 2. The Bertz CT molecular complexity index is 956. The minimum absolute atomic E-state index is 0.00765. The van der Waals surface area contributed by atoms with Crippen molar-refractivity contribution in [2.45, 2.75) is 26.2 Å². The van der Waals surface area contributed by atoms with Gasteiger partial charge in [-0.25, -0.2) is 0 Å². The summed E-state index contributed by atoms with van der Waals surface area (Å²) in [5.74, 6) is -0.208. The average molecular weight is 471 g/mol. The first-order valence-electron chi connectivity index (χ1n) is 9.91. The lowest BCUT2D eigenvalue weighted by Gasteiger charge is -2.31. The van der Waals surface area contributed by atoms with E-state index in [1.807, 2.05) is 37.3 Å². The van der Waals surface area contributed by atoms with E-state index in [4.69, 9.17) is 14.7 Å². The Morgan fingerprint density at radius 3 is 2.73 bits per heavy atom. The lowest BCUT2D eigenvalue weighted by Crippen LogP contribution is -2.44. The van der Waals surface area contributed by atoms with Gasteiger partial charge in [0, 0.05) is 19.2 Å². The quantitative estimate of drug-likeness (QED) is 0.468. The van der Waals surface area contributed by atoms with Gasteiger partial charge in [-0.15, -0.1) is 0 Å². The molecule has 0 saturated carbocycles. The van der Waals surface area contributed by atoms with Gasteiger partial charge in [0.05, 0.1) is 35.1 Å². The Labute approximate surface area is 184 Å². The number of hydrogen-bond donors (Lipinski definition) is 0. The van der Waals surface area contributed by atoms with Crippen LogP contribution >= 0.6 is 15.9 Å². The second-order valence-electron chi connectivity index (χ2n) is 7.09. The minimum Gasteiger partial charge on any atom is -0.490 e. The highest BCUT2D eigenvalue weighted by atomic mass is 79.9. The Kier molecular flexibility index (Phi) is 7.47. The molecule has 1 heterocycles. The number of piperidine rings is 1. The highest BCUT2D eigenvalue weighted by molar-refractivity contribution is 9.10. The Hall–Kier alpha value is -2.85. The molecular weight excluding hydrogens is 448 g/mol. The summed E-state index contributed by atoms with van der Waals surface area (Å²) < 4.78 is 11.7. The van der Waals surface area contributed by atoms with Crippen molar-refractivity contribution in [3.05, 3.63) is 58.1 Å². The number of benzene rings is 2. The molecule has 7 heteroatoms. The summed E-state index contributed by atoms with van der Waals surface area (Å²) >= 11 is 3.36. The molecule has 1 atom stereocenters. The van der Waals surface area contributed by atoms with Crippen LogP contribution in [0.3, 0.4) is 0 Å². The molecular formula is C23H23BrN2O4. The van der Waals surface area contributed by atoms with Crippen molar-refractivity contribution in [1.82, 2.24) is 4.90 Å². The van der Waals surface area contributed by atoms with E-state index in [1.165, 1.54) is 0 Å². The second kappa shape index (κ2) is 10.3. The van der Waals surface area contributed by atoms with Crippen molar-refractivity contribution in [3.63, 3.8) is 0 Å². The number of nitrogens with zero attached hydrogens (tertiary/aromatic N) is 2. The maximum absolute atomic E-state index is 12.9. The van der Waals surface area contributed by atoms with Gasteiger partial charge in [0.25, 0.3) is 0 Å². The van der Waals surface area contributed by atoms with Gasteiger partial charge in [-0.05, 0) is 47.3 Å². The molecule has 1 saturated heterocycles. The van der Waals surface area contributed by atoms with E-state index in [0.29, 0.717) is 48.3 Å². The van der Waals surface area contributed by atoms with Gasteiger partial charge in [0.1, 0.15) is 0 Å². The Morgan fingerprint density at radius 2 is 2.03 bits per heavy atom. The zero-order valence-electron chi connectivity index (χ0n) is 16.8. The fourth-order valence-corrected chi connectivity index (χ4v) is 3.98. The molecule has 6 nitrogen and oxygen atoms in total. The molecule has 30 heavy (non-hydrogen) atoms. The molecule has 2 aromatic carbocycles. The fraction of sp³-hybridized carbons (Fsp3) is 0.348. The molecule has 0 bridgehead atoms. The maximum atomic E-state index is 12.9. The van der Waals surface area contributed by atoms with E-state index < -0.39 is 11.9 Å². The second-order valence-corrected chi connectivity index (χ2v) is 7.95. The summed E-state index contributed by atoms with van der Waals surface area (Å²) in [5.41, 5.74) is 1.36. The Morgan fingerprint density at radius 1 is 1.27 bits per heavy atom. The van der Waals surface area contributed by atoms with E-state index in [0.717, 1.165) is 12.0 Å². The smallest absolute Gasteiger partial charge is 0.316 e. The van der Waals surface area contributed by atoms with Gasteiger partial charge in [-0.1, -0.05) is 30.3 Å². The normalized spacial score (nSPS) is 15.9. The summed E-state index contributed by atoms with van der Waals surface area (Å²) in [7, 11) is 0. The van der Waals surface area contributed by atoms with Crippen LogP contribution in [0.1, 0.15) is 30.9 Å². The van der Waals surface area contributed by atoms with Crippen LogP contribution in [-0.2, 0) is 16.0 Å². The molecule has 0 aliphatic carbocycles. The van der Waals surface area contributed by atoms with Crippen molar-refractivity contribution in [3.8, 4) is 17.6 Å². The standard InChI is InChI=1S/C23H23BrN2O4/c1-2-29-20-12-17(14-25)11-19(24)22(20)30-23(28)18-9-6-10-26(15-18)21(27)13-16-7-4-3-5-8-16/h3-5,7-8,11-12,18H,2,6,9-10,13,15H2,1H3. The van der Waals surface area contributed by atoms with E-state index in [2.05, 4.69) is 22.0 Å². The third kappa shape index (κ3) is 5.39. The van der Waals surface area contributed by atoms with Gasteiger partial charge in [-0.3, -0.25) is 9.59 Å². The first-order chi connectivity index (χ1) is 14.5. The molecule has 0 radical (unpaired) electrons. The van der Waals surface area contributed by atoms with Crippen LogP contribution in [0.15, 0.2) is 46.9 Å². The maximum Gasteiger partial charge on any atom is 0.316 e. The zero-order valence-corrected chi connectivity index (χ0v) is 18.4. The molecule has 3 rings (SSSR count). The van der Waals surface area contributed by atoms with Gasteiger partial charge in [0.15, 0.2) is 11.5 Å². The lowest BCUT2D eigenvalue weighted by atomic mass is 9.97. The number of amides is 1. The number of rotatable bonds is 6. The molecule has 1 amide bonds. The van der Waals surface area contributed by atoms with Gasteiger partial charge < -0.3 is 14.4 Å². The minimum atomic E-state index is -0.407. The predicted molar refractivity (Wildman–Crippen MR) is 115 cm³/mol. The fourth-order valence-electron chi connectivity index (χ4n) is 3.46. The summed E-state index contributed by atoms with van der Waals surface area (Å²) in [6.45, 7) is 3.16. The predicted octanol–water partition coefficient (Wildman–Crippen LogP) is 4.11. The van der Waals surface area contributed by atoms with E-state index >= 15 is 0 Å². The number of likely N-dealkylation sites (tertiary alicyclic amines) is 1. The molecule has 2 aromatic rings. The molecule has 1 aliphatic rings. The number of esters is 1. The molecule has 0 spiro atoms. The summed E-state index contributed by atoms with van der Waals surface area (Å²) in [6, 6.07) is 14.8. The van der Waals surface area contributed by atoms with E-state index in [1.54, 1.807) is 17.0 Å². The van der Waals surface area contributed by atoms with Crippen molar-refractivity contribution >= 4 is 27.8 Å². The first kappa shape index (κ1) is 21.8. The topological polar surface area (TPSA) is 79.6 Å². The monoisotopic (exact) mass is 470 g/mol. The number of hydrogen-bond acceptors (Lipinski definition) is 5. The largest absolute Gasteiger partial charge is 0.490 e. The highest BCUT2D eigenvalue weighted by Gasteiger charge is 2.31. The van der Waals surface area contributed by atoms with Crippen molar-refractivity contribution < 1.29 is 19.1 Å². The molecule has 1 fully saturated rings. The first-order valence-corrected chi connectivity index (χ1v) is 10.7. The van der Waals surface area contributed by atoms with Crippen molar-refractivity contribution in [1.29, 1.82) is 5.26 Å². The third-order valence-corrected chi connectivity index (χ3v) is 5.54. The molecule has 1 aliphatic heterocycles. The van der Waals surface area contributed by atoms with Crippen LogP contribution in [0.25, 0.3) is 0 Å². The molecule has 0 N–H and O–H groups in total. The number of halogens is 1. The molecule has 0 aromatic heterocycles. The van der Waals surface area contributed by atoms with Crippen molar-refractivity contribution in [2.75, 3.05) is 19.7 Å². The van der Waals surface area contributed by atoms with Gasteiger partial charge in [-0.2, -0.15) is 5.26 Å². The lowest BCUT2D eigenvalue weighted by molar-refractivity contribution is -0.143.